The number of nitrogens with zero attached hydrogens (tertiary/aromatic N) is 5. The number of benzene rings is 1. The first kappa shape index (κ1) is 18.3. The molecule has 4 aromatic rings. The first-order valence-electron chi connectivity index (χ1n) is 9.02. The van der Waals surface area contributed by atoms with Crippen molar-refractivity contribution >= 4 is 28.9 Å². The number of amides is 1. The fourth-order valence-corrected chi connectivity index (χ4v) is 2.90. The number of hydrogen-bond acceptors (Lipinski definition) is 6. The lowest BCUT2D eigenvalue weighted by atomic mass is 10.1. The molecule has 3 heterocycles. The van der Waals surface area contributed by atoms with Gasteiger partial charge in [0.25, 0.3) is 0 Å². The van der Waals surface area contributed by atoms with E-state index in [4.69, 9.17) is 5.73 Å². The predicted octanol–water partition coefficient (Wildman–Crippen LogP) is 4.22. The van der Waals surface area contributed by atoms with Crippen LogP contribution < -0.4 is 11.1 Å². The SMILES string of the molecule is CC(=O)Nc1cn2cc(-c3cnc(N)c(CN=Nc4ccccc4)c3)ccc2n1. The number of nitrogen functional groups attached to an aromatic ring is 1. The molecular formula is C21H19N7O. The fraction of sp³-hybridized carbons (Fsp3) is 0.0952. The van der Waals surface area contributed by atoms with Gasteiger partial charge in [0.2, 0.25) is 5.91 Å². The molecule has 8 nitrogen and oxygen atoms in total. The molecule has 1 amide bonds. The minimum absolute atomic E-state index is 0.161. The van der Waals surface area contributed by atoms with Gasteiger partial charge in [0.15, 0.2) is 5.82 Å². The number of imidazole rings is 1. The number of carbonyl (C=O) groups is 1. The molecule has 4 rings (SSSR count). The Kier molecular flexibility index (Phi) is 4.98. The second kappa shape index (κ2) is 7.89. The molecule has 0 aliphatic carbocycles. The highest BCUT2D eigenvalue weighted by molar-refractivity contribution is 5.87. The number of pyridine rings is 2. The summed E-state index contributed by atoms with van der Waals surface area (Å²) in [5, 5.41) is 11.1. The van der Waals surface area contributed by atoms with E-state index in [1.54, 1.807) is 12.4 Å². The second-order valence-corrected chi connectivity index (χ2v) is 6.49. The Balaban J connectivity index is 1.59. The second-order valence-electron chi connectivity index (χ2n) is 6.49. The van der Waals surface area contributed by atoms with E-state index in [9.17, 15) is 4.79 Å². The third-order valence-corrected chi connectivity index (χ3v) is 4.27. The number of azo groups is 1. The average Bonchev–Trinajstić information content (AvgIpc) is 3.11. The zero-order valence-corrected chi connectivity index (χ0v) is 15.8. The van der Waals surface area contributed by atoms with Crippen LogP contribution >= 0.6 is 0 Å². The van der Waals surface area contributed by atoms with Crippen LogP contribution in [0, 0.1) is 0 Å². The predicted molar refractivity (Wildman–Crippen MR) is 112 cm³/mol. The van der Waals surface area contributed by atoms with Crippen molar-refractivity contribution in [2.45, 2.75) is 13.5 Å². The number of hydrogen-bond donors (Lipinski definition) is 2. The molecule has 0 unspecified atom stereocenters. The van der Waals surface area contributed by atoms with Gasteiger partial charge in [-0.3, -0.25) is 4.79 Å². The highest BCUT2D eigenvalue weighted by atomic mass is 16.1. The number of carbonyl (C=O) groups excluding carboxylic acids is 1. The van der Waals surface area contributed by atoms with Gasteiger partial charge in [-0.15, -0.1) is 0 Å². The lowest BCUT2D eigenvalue weighted by Crippen LogP contribution is -2.05. The number of nitrogens with two attached hydrogens (primary N) is 1. The Morgan fingerprint density at radius 1 is 1.14 bits per heavy atom. The Hall–Kier alpha value is -4.07. The molecule has 8 heteroatoms. The van der Waals surface area contributed by atoms with E-state index in [1.165, 1.54) is 6.92 Å². The summed E-state index contributed by atoms with van der Waals surface area (Å²) in [5.74, 6) is 0.773. The van der Waals surface area contributed by atoms with Gasteiger partial charge in [0.1, 0.15) is 11.5 Å². The van der Waals surface area contributed by atoms with E-state index >= 15 is 0 Å². The molecule has 0 saturated heterocycles. The topological polar surface area (TPSA) is 110 Å². The molecule has 0 atom stereocenters. The van der Waals surface area contributed by atoms with Crippen LogP contribution in [-0.2, 0) is 11.3 Å². The Labute approximate surface area is 167 Å². The number of aromatic nitrogens is 3. The normalized spacial score (nSPS) is 11.2. The summed E-state index contributed by atoms with van der Waals surface area (Å²) in [6.45, 7) is 1.79. The summed E-state index contributed by atoms with van der Waals surface area (Å²) >= 11 is 0. The molecule has 0 aliphatic rings. The summed E-state index contributed by atoms with van der Waals surface area (Å²) < 4.78 is 1.85. The van der Waals surface area contributed by atoms with E-state index in [2.05, 4.69) is 25.5 Å². The smallest absolute Gasteiger partial charge is 0.222 e. The van der Waals surface area contributed by atoms with Crippen LogP contribution in [0.3, 0.4) is 0 Å². The number of rotatable bonds is 5. The summed E-state index contributed by atoms with van der Waals surface area (Å²) in [5.41, 5.74) is 10.2. The average molecular weight is 385 g/mol. The van der Waals surface area contributed by atoms with Crippen molar-refractivity contribution in [3.63, 3.8) is 0 Å². The van der Waals surface area contributed by atoms with E-state index in [0.29, 0.717) is 18.2 Å². The van der Waals surface area contributed by atoms with E-state index < -0.39 is 0 Å². The largest absolute Gasteiger partial charge is 0.383 e. The lowest BCUT2D eigenvalue weighted by Gasteiger charge is -2.07. The van der Waals surface area contributed by atoms with E-state index in [0.717, 1.165) is 28.0 Å². The highest BCUT2D eigenvalue weighted by Crippen LogP contribution is 2.24. The molecule has 144 valence electrons. The van der Waals surface area contributed by atoms with Gasteiger partial charge in [0.05, 0.1) is 18.4 Å². The van der Waals surface area contributed by atoms with Crippen LogP contribution in [0.4, 0.5) is 17.3 Å². The Morgan fingerprint density at radius 2 is 1.97 bits per heavy atom. The van der Waals surface area contributed by atoms with Crippen LogP contribution in [0.25, 0.3) is 16.8 Å². The fourth-order valence-electron chi connectivity index (χ4n) is 2.90. The molecule has 0 bridgehead atoms. The van der Waals surface area contributed by atoms with Gasteiger partial charge in [-0.05, 0) is 30.3 Å². The molecule has 0 saturated carbocycles. The molecule has 1 aromatic carbocycles. The van der Waals surface area contributed by atoms with Gasteiger partial charge >= 0.3 is 0 Å². The van der Waals surface area contributed by atoms with Crippen molar-refractivity contribution in [2.75, 3.05) is 11.1 Å². The summed E-state index contributed by atoms with van der Waals surface area (Å²) in [6.07, 6.45) is 5.41. The quantitative estimate of drug-likeness (QED) is 0.501. The van der Waals surface area contributed by atoms with Crippen molar-refractivity contribution in [1.82, 2.24) is 14.4 Å². The van der Waals surface area contributed by atoms with Crippen LogP contribution in [0.2, 0.25) is 0 Å². The maximum absolute atomic E-state index is 11.2. The van der Waals surface area contributed by atoms with Crippen LogP contribution in [0.1, 0.15) is 12.5 Å². The molecule has 0 aliphatic heterocycles. The van der Waals surface area contributed by atoms with E-state index in [1.807, 2.05) is 59.1 Å². The maximum Gasteiger partial charge on any atom is 0.222 e. The van der Waals surface area contributed by atoms with Gasteiger partial charge in [-0.2, -0.15) is 10.2 Å². The monoisotopic (exact) mass is 385 g/mol. The highest BCUT2D eigenvalue weighted by Gasteiger charge is 2.08. The molecule has 3 aromatic heterocycles. The third-order valence-electron chi connectivity index (χ3n) is 4.27. The number of nitrogens with one attached hydrogen (secondary N) is 1. The summed E-state index contributed by atoms with van der Waals surface area (Å²) in [4.78, 5) is 19.9. The summed E-state index contributed by atoms with van der Waals surface area (Å²) in [6, 6.07) is 15.3. The first-order chi connectivity index (χ1) is 14.1. The molecule has 0 radical (unpaired) electrons. The number of fused-ring (bicyclic) bond motifs is 1. The zero-order chi connectivity index (χ0) is 20.2. The minimum atomic E-state index is -0.161. The van der Waals surface area contributed by atoms with Crippen LogP contribution in [0.15, 0.2) is 77.3 Å². The van der Waals surface area contributed by atoms with Crippen molar-refractivity contribution in [2.24, 2.45) is 10.2 Å². The Morgan fingerprint density at radius 3 is 2.76 bits per heavy atom. The van der Waals surface area contributed by atoms with Crippen LogP contribution in [-0.4, -0.2) is 20.3 Å². The Bertz CT molecular complexity index is 1200. The van der Waals surface area contributed by atoms with Crippen molar-refractivity contribution in [1.29, 1.82) is 0 Å². The molecular weight excluding hydrogens is 366 g/mol. The van der Waals surface area contributed by atoms with Gasteiger partial charge in [0, 0.05) is 36.0 Å². The lowest BCUT2D eigenvalue weighted by molar-refractivity contribution is -0.114. The van der Waals surface area contributed by atoms with Gasteiger partial charge < -0.3 is 15.5 Å². The minimum Gasteiger partial charge on any atom is -0.383 e. The molecule has 0 spiro atoms. The standard InChI is InChI=1S/C21H19N7O/c1-14(29)25-19-13-28-12-15(7-8-20(28)26-19)16-9-17(21(22)23-10-16)11-24-27-18-5-3-2-4-6-18/h2-10,12-13H,11H2,1H3,(H2,22,23)(H,25,29). The molecule has 29 heavy (non-hydrogen) atoms. The zero-order valence-electron chi connectivity index (χ0n) is 15.8. The van der Waals surface area contributed by atoms with Crippen molar-refractivity contribution in [3.8, 4) is 11.1 Å². The summed E-state index contributed by atoms with van der Waals surface area (Å²) in [7, 11) is 0. The van der Waals surface area contributed by atoms with Crippen molar-refractivity contribution in [3.05, 3.63) is 72.7 Å². The van der Waals surface area contributed by atoms with Gasteiger partial charge in [-0.25, -0.2) is 9.97 Å². The molecule has 3 N–H and O–H groups in total. The first-order valence-corrected chi connectivity index (χ1v) is 9.02. The third kappa shape index (κ3) is 4.27. The molecule has 0 fully saturated rings. The van der Waals surface area contributed by atoms with Gasteiger partial charge in [-0.1, -0.05) is 18.2 Å². The van der Waals surface area contributed by atoms with Crippen molar-refractivity contribution < 1.29 is 4.79 Å². The van der Waals surface area contributed by atoms with Crippen LogP contribution in [0.5, 0.6) is 0 Å². The van der Waals surface area contributed by atoms with E-state index in [-0.39, 0.29) is 5.91 Å². The maximum atomic E-state index is 11.2. The number of anilines is 2.